The minimum Gasteiger partial charge on any atom is -0.468 e. The summed E-state index contributed by atoms with van der Waals surface area (Å²) in [5.74, 6) is -0.950. The molecule has 2 heterocycles. The van der Waals surface area contributed by atoms with Gasteiger partial charge in [-0.05, 0) is 24.3 Å². The number of benzene rings is 1. The van der Waals surface area contributed by atoms with Crippen molar-refractivity contribution < 1.29 is 31.1 Å². The molecule has 0 spiro atoms. The summed E-state index contributed by atoms with van der Waals surface area (Å²) in [7, 11) is 0. The highest BCUT2D eigenvalue weighted by atomic mass is 19.4. The van der Waals surface area contributed by atoms with Gasteiger partial charge in [0.1, 0.15) is 5.82 Å². The minimum atomic E-state index is -5.07. The van der Waals surface area contributed by atoms with Crippen LogP contribution in [0.25, 0.3) is 16.7 Å². The van der Waals surface area contributed by atoms with Crippen molar-refractivity contribution >= 4 is 16.9 Å². The van der Waals surface area contributed by atoms with E-state index in [1.165, 1.54) is 34.9 Å². The molecule has 178 valence electrons. The van der Waals surface area contributed by atoms with Crippen LogP contribution in [0.3, 0.4) is 0 Å². The molecular weight excluding hydrogens is 464 g/mol. The number of para-hydroxylation sites is 1. The van der Waals surface area contributed by atoms with Gasteiger partial charge in [-0.15, -0.1) is 0 Å². The van der Waals surface area contributed by atoms with Gasteiger partial charge in [0.25, 0.3) is 0 Å². The maximum atomic E-state index is 13.8. The second-order valence-corrected chi connectivity index (χ2v) is 6.86. The monoisotopic (exact) mass is 481 g/mol. The number of allylic oxidation sites excluding steroid dienone is 3. The predicted octanol–water partition coefficient (Wildman–Crippen LogP) is 6.01. The maximum Gasteiger partial charge on any atom is 0.422 e. The van der Waals surface area contributed by atoms with E-state index in [1.54, 1.807) is 18.2 Å². The molecule has 3 aromatic rings. The average Bonchev–Trinajstić information content (AvgIpc) is 2.76. The van der Waals surface area contributed by atoms with E-state index in [-0.39, 0.29) is 17.6 Å². The van der Waals surface area contributed by atoms with Gasteiger partial charge < -0.3 is 10.1 Å². The molecule has 34 heavy (non-hydrogen) atoms. The van der Waals surface area contributed by atoms with Gasteiger partial charge in [-0.2, -0.15) is 31.3 Å². The molecule has 5 nitrogen and oxygen atoms in total. The van der Waals surface area contributed by atoms with E-state index in [0.717, 1.165) is 6.07 Å². The van der Waals surface area contributed by atoms with Crippen molar-refractivity contribution in [2.75, 3.05) is 11.9 Å². The summed E-state index contributed by atoms with van der Waals surface area (Å²) in [5.41, 5.74) is -2.44. The fraction of sp³-hybridized carbons (Fsp3) is 0.130. The zero-order valence-corrected chi connectivity index (χ0v) is 17.4. The van der Waals surface area contributed by atoms with Gasteiger partial charge in [0, 0.05) is 23.5 Å². The molecule has 0 amide bonds. The molecule has 0 aliphatic carbocycles. The standard InChI is InChI=1S/C23H17F6N3O2/c1-3-8-14(4-2)30-18-12-17(33)20-16(23(27,28)29)11-19(34-13-22(24,25)26)31-21(20)32(18)15-9-6-5-7-10-15/h3-12,30H,1-2,13H2/b14-8+. The van der Waals surface area contributed by atoms with E-state index in [0.29, 0.717) is 5.70 Å². The van der Waals surface area contributed by atoms with E-state index in [9.17, 15) is 31.1 Å². The number of alkyl halides is 6. The van der Waals surface area contributed by atoms with Crippen LogP contribution in [0.2, 0.25) is 0 Å². The Balaban J connectivity index is 2.43. The second kappa shape index (κ2) is 9.46. The first-order valence-corrected chi connectivity index (χ1v) is 9.59. The van der Waals surface area contributed by atoms with E-state index in [1.807, 2.05) is 0 Å². The first kappa shape index (κ1) is 24.6. The summed E-state index contributed by atoms with van der Waals surface area (Å²) < 4.78 is 85.2. The van der Waals surface area contributed by atoms with Crippen molar-refractivity contribution in [3.05, 3.63) is 95.3 Å². The second-order valence-electron chi connectivity index (χ2n) is 6.86. The van der Waals surface area contributed by atoms with Gasteiger partial charge in [0.05, 0.1) is 10.9 Å². The van der Waals surface area contributed by atoms with E-state index in [2.05, 4.69) is 28.2 Å². The number of ether oxygens (including phenoxy) is 1. The zero-order valence-electron chi connectivity index (χ0n) is 17.4. The normalized spacial score (nSPS) is 12.5. The lowest BCUT2D eigenvalue weighted by Crippen LogP contribution is -2.22. The number of hydrogen-bond donors (Lipinski definition) is 1. The summed E-state index contributed by atoms with van der Waals surface area (Å²) in [6, 6.07) is 9.10. The van der Waals surface area contributed by atoms with E-state index >= 15 is 0 Å². The van der Waals surface area contributed by atoms with Gasteiger partial charge in [-0.25, -0.2) is 0 Å². The van der Waals surface area contributed by atoms with Crippen molar-refractivity contribution in [3.8, 4) is 11.6 Å². The predicted molar refractivity (Wildman–Crippen MR) is 116 cm³/mol. The Hall–Kier alpha value is -4.02. The van der Waals surface area contributed by atoms with Crippen LogP contribution in [-0.4, -0.2) is 22.3 Å². The summed E-state index contributed by atoms with van der Waals surface area (Å²) in [6.07, 6.45) is -5.60. The summed E-state index contributed by atoms with van der Waals surface area (Å²) >= 11 is 0. The zero-order chi connectivity index (χ0) is 25.1. The molecule has 1 aromatic carbocycles. The van der Waals surface area contributed by atoms with E-state index in [4.69, 9.17) is 0 Å². The molecule has 0 aliphatic heterocycles. The number of pyridine rings is 2. The number of rotatable bonds is 7. The van der Waals surface area contributed by atoms with Gasteiger partial charge in [-0.3, -0.25) is 9.36 Å². The Morgan fingerprint density at radius 3 is 2.32 bits per heavy atom. The van der Waals surface area contributed by atoms with Gasteiger partial charge in [0.15, 0.2) is 17.7 Å². The molecular formula is C23H17F6N3O2. The Kier molecular flexibility index (Phi) is 6.85. The summed E-state index contributed by atoms with van der Waals surface area (Å²) in [5, 5.41) is 2.03. The Bertz CT molecular complexity index is 1310. The third-order valence-corrected chi connectivity index (χ3v) is 4.44. The lowest BCUT2D eigenvalue weighted by Gasteiger charge is -2.20. The fourth-order valence-corrected chi connectivity index (χ4v) is 3.11. The molecule has 0 saturated heterocycles. The van der Waals surface area contributed by atoms with Crippen LogP contribution in [0.4, 0.5) is 32.2 Å². The number of halogens is 6. The number of aromatic nitrogens is 2. The average molecular weight is 481 g/mol. The summed E-state index contributed by atoms with van der Waals surface area (Å²) in [4.78, 5) is 16.7. The fourth-order valence-electron chi connectivity index (χ4n) is 3.11. The van der Waals surface area contributed by atoms with Crippen molar-refractivity contribution in [1.82, 2.24) is 9.55 Å². The number of nitrogens with zero attached hydrogens (tertiary/aromatic N) is 2. The highest BCUT2D eigenvalue weighted by molar-refractivity contribution is 5.84. The quantitative estimate of drug-likeness (QED) is 0.332. The number of fused-ring (bicyclic) bond motifs is 1. The molecule has 0 unspecified atom stereocenters. The van der Waals surface area contributed by atoms with Crippen molar-refractivity contribution in [2.45, 2.75) is 12.4 Å². The minimum absolute atomic E-state index is 0.00899. The van der Waals surface area contributed by atoms with Gasteiger partial charge in [-0.1, -0.05) is 37.4 Å². The highest BCUT2D eigenvalue weighted by Gasteiger charge is 2.36. The molecule has 0 saturated carbocycles. The Morgan fingerprint density at radius 1 is 1.09 bits per heavy atom. The third-order valence-electron chi connectivity index (χ3n) is 4.44. The molecule has 11 heteroatoms. The van der Waals surface area contributed by atoms with Crippen molar-refractivity contribution in [1.29, 1.82) is 0 Å². The molecule has 3 rings (SSSR count). The van der Waals surface area contributed by atoms with Crippen LogP contribution in [0.1, 0.15) is 5.56 Å². The van der Waals surface area contributed by atoms with Gasteiger partial charge >= 0.3 is 12.4 Å². The Labute approximate surface area is 189 Å². The maximum absolute atomic E-state index is 13.8. The molecule has 2 aromatic heterocycles. The largest absolute Gasteiger partial charge is 0.468 e. The highest BCUT2D eigenvalue weighted by Crippen LogP contribution is 2.37. The van der Waals surface area contributed by atoms with Crippen LogP contribution in [0, 0.1) is 0 Å². The number of anilines is 1. The first-order chi connectivity index (χ1) is 15.9. The van der Waals surface area contributed by atoms with Gasteiger partial charge in [0.2, 0.25) is 5.88 Å². The third kappa shape index (κ3) is 5.48. The first-order valence-electron chi connectivity index (χ1n) is 9.59. The van der Waals surface area contributed by atoms with Crippen molar-refractivity contribution in [2.24, 2.45) is 0 Å². The van der Waals surface area contributed by atoms with Crippen LogP contribution < -0.4 is 15.5 Å². The topological polar surface area (TPSA) is 56.1 Å². The summed E-state index contributed by atoms with van der Waals surface area (Å²) in [6.45, 7) is 5.30. The molecule has 1 N–H and O–H groups in total. The van der Waals surface area contributed by atoms with Crippen LogP contribution in [0.15, 0.2) is 84.3 Å². The SMILES string of the molecule is C=C/C=C(\C=C)Nc1cc(=O)c2c(C(F)(F)F)cc(OCC(F)(F)F)nc2n1-c1ccccc1. The molecule has 0 bridgehead atoms. The molecule has 0 radical (unpaired) electrons. The lowest BCUT2D eigenvalue weighted by atomic mass is 10.1. The Morgan fingerprint density at radius 2 is 1.76 bits per heavy atom. The molecule has 0 fully saturated rings. The van der Waals surface area contributed by atoms with Crippen molar-refractivity contribution in [3.63, 3.8) is 0 Å². The van der Waals surface area contributed by atoms with Crippen LogP contribution >= 0.6 is 0 Å². The van der Waals surface area contributed by atoms with Crippen LogP contribution in [0.5, 0.6) is 5.88 Å². The smallest absolute Gasteiger partial charge is 0.422 e. The van der Waals surface area contributed by atoms with E-state index < -0.39 is 46.9 Å². The molecule has 0 aliphatic rings. The molecule has 0 atom stereocenters. The number of nitrogens with one attached hydrogen (secondary N) is 1. The number of hydrogen-bond acceptors (Lipinski definition) is 4. The van der Waals surface area contributed by atoms with Crippen LogP contribution in [-0.2, 0) is 6.18 Å². The lowest BCUT2D eigenvalue weighted by molar-refractivity contribution is -0.154.